The smallest absolute Gasteiger partial charge is 0.0713 e. The fourth-order valence-corrected chi connectivity index (χ4v) is 4.23. The average Bonchev–Trinajstić information content (AvgIpc) is 2.74. The monoisotopic (exact) mass is 352 g/mol. The van der Waals surface area contributed by atoms with Crippen molar-refractivity contribution in [3.63, 3.8) is 0 Å². The Labute approximate surface area is 160 Å². The fourth-order valence-electron chi connectivity index (χ4n) is 4.23. The third-order valence-corrected chi connectivity index (χ3v) is 5.69. The summed E-state index contributed by atoms with van der Waals surface area (Å²) in [5.74, 6) is 0. The summed E-state index contributed by atoms with van der Waals surface area (Å²) < 4.78 is 0. The first kappa shape index (κ1) is 16.5. The Morgan fingerprint density at radius 2 is 1.52 bits per heavy atom. The van der Waals surface area contributed by atoms with E-state index >= 15 is 0 Å². The summed E-state index contributed by atoms with van der Waals surface area (Å²) in [6.45, 7) is 3.44. The maximum absolute atomic E-state index is 4.99. The summed E-state index contributed by atoms with van der Waals surface area (Å²) >= 11 is 0. The molecule has 0 N–H and O–H groups in total. The molecular formula is C25H24N2. The number of hydrogen-bond acceptors (Lipinski definition) is 2. The van der Waals surface area contributed by atoms with E-state index in [2.05, 4.69) is 77.7 Å². The minimum atomic E-state index is 1.02. The molecule has 134 valence electrons. The van der Waals surface area contributed by atoms with Crippen LogP contribution >= 0.6 is 0 Å². The Hall–Kier alpha value is -2.71. The second-order valence-corrected chi connectivity index (χ2v) is 7.58. The lowest BCUT2D eigenvalue weighted by Gasteiger charge is -2.27. The zero-order valence-electron chi connectivity index (χ0n) is 15.6. The highest BCUT2D eigenvalue weighted by Crippen LogP contribution is 2.28. The molecule has 0 amide bonds. The Bertz CT molecular complexity index is 1090. The second-order valence-electron chi connectivity index (χ2n) is 7.58. The maximum Gasteiger partial charge on any atom is 0.0713 e. The van der Waals surface area contributed by atoms with Crippen LogP contribution in [-0.4, -0.2) is 23.0 Å². The number of benzene rings is 3. The van der Waals surface area contributed by atoms with Gasteiger partial charge in [0.15, 0.2) is 0 Å². The summed E-state index contributed by atoms with van der Waals surface area (Å²) in [5, 5.41) is 3.82. The van der Waals surface area contributed by atoms with E-state index in [1.807, 2.05) is 0 Å². The van der Waals surface area contributed by atoms with Crippen molar-refractivity contribution in [1.82, 2.24) is 9.88 Å². The number of fused-ring (bicyclic) bond motifs is 2. The van der Waals surface area contributed by atoms with Crippen LogP contribution in [0.4, 0.5) is 0 Å². The van der Waals surface area contributed by atoms with Gasteiger partial charge in [-0.3, -0.25) is 4.90 Å². The highest BCUT2D eigenvalue weighted by Gasteiger charge is 2.14. The third kappa shape index (κ3) is 3.33. The molecule has 1 fully saturated rings. The fraction of sp³-hybridized carbons (Fsp3) is 0.240. The lowest BCUT2D eigenvalue weighted by atomic mass is 10.0. The van der Waals surface area contributed by atoms with Crippen LogP contribution in [-0.2, 0) is 6.54 Å². The van der Waals surface area contributed by atoms with E-state index in [0.717, 1.165) is 17.8 Å². The molecule has 0 spiro atoms. The van der Waals surface area contributed by atoms with E-state index in [0.29, 0.717) is 0 Å². The minimum Gasteiger partial charge on any atom is -0.299 e. The molecule has 2 heteroatoms. The number of piperidine rings is 1. The first-order chi connectivity index (χ1) is 13.4. The van der Waals surface area contributed by atoms with Crippen LogP contribution in [0.25, 0.3) is 32.9 Å². The van der Waals surface area contributed by atoms with Gasteiger partial charge in [-0.2, -0.15) is 0 Å². The Morgan fingerprint density at radius 3 is 2.41 bits per heavy atom. The van der Waals surface area contributed by atoms with Gasteiger partial charge in [0.2, 0.25) is 0 Å². The van der Waals surface area contributed by atoms with Crippen LogP contribution in [0.15, 0.2) is 72.8 Å². The van der Waals surface area contributed by atoms with E-state index in [1.165, 1.54) is 59.6 Å². The first-order valence-corrected chi connectivity index (χ1v) is 9.97. The summed E-state index contributed by atoms with van der Waals surface area (Å²) in [5.41, 5.74) is 4.76. The highest BCUT2D eigenvalue weighted by molar-refractivity contribution is 5.89. The van der Waals surface area contributed by atoms with Gasteiger partial charge in [0.05, 0.1) is 11.2 Å². The average molecular weight is 352 g/mol. The van der Waals surface area contributed by atoms with Gasteiger partial charge in [0.25, 0.3) is 0 Å². The number of hydrogen-bond donors (Lipinski definition) is 0. The van der Waals surface area contributed by atoms with E-state index < -0.39 is 0 Å². The van der Waals surface area contributed by atoms with Crippen molar-refractivity contribution < 1.29 is 0 Å². The first-order valence-electron chi connectivity index (χ1n) is 9.97. The molecule has 5 rings (SSSR count). The van der Waals surface area contributed by atoms with Gasteiger partial charge in [-0.05, 0) is 60.5 Å². The van der Waals surface area contributed by atoms with Crippen molar-refractivity contribution in [2.75, 3.05) is 13.1 Å². The highest BCUT2D eigenvalue weighted by atomic mass is 15.1. The zero-order valence-corrected chi connectivity index (χ0v) is 15.6. The Balaban J connectivity index is 1.61. The third-order valence-electron chi connectivity index (χ3n) is 5.69. The molecule has 0 unspecified atom stereocenters. The quantitative estimate of drug-likeness (QED) is 0.447. The SMILES string of the molecule is c1ccc2cc(-c3cc(CN4CCCCC4)c4ccccc4n3)ccc2c1. The molecule has 1 aliphatic rings. The molecular weight excluding hydrogens is 328 g/mol. The van der Waals surface area contributed by atoms with Gasteiger partial charge >= 0.3 is 0 Å². The number of aromatic nitrogens is 1. The summed E-state index contributed by atoms with van der Waals surface area (Å²) in [6.07, 6.45) is 4.01. The lowest BCUT2D eigenvalue weighted by Crippen LogP contribution is -2.29. The topological polar surface area (TPSA) is 16.1 Å². The summed E-state index contributed by atoms with van der Waals surface area (Å²) in [6, 6.07) is 26.1. The molecule has 0 aliphatic carbocycles. The van der Waals surface area contributed by atoms with Gasteiger partial charge in [-0.25, -0.2) is 4.98 Å². The van der Waals surface area contributed by atoms with Gasteiger partial charge in [0.1, 0.15) is 0 Å². The predicted molar refractivity (Wildman–Crippen MR) is 114 cm³/mol. The largest absolute Gasteiger partial charge is 0.299 e. The molecule has 0 radical (unpaired) electrons. The number of para-hydroxylation sites is 1. The van der Waals surface area contributed by atoms with Crippen LogP contribution < -0.4 is 0 Å². The molecule has 3 aromatic carbocycles. The van der Waals surface area contributed by atoms with Crippen molar-refractivity contribution in [3.05, 3.63) is 78.4 Å². The predicted octanol–water partition coefficient (Wildman–Crippen LogP) is 6.04. The molecule has 0 bridgehead atoms. The van der Waals surface area contributed by atoms with Crippen molar-refractivity contribution in [1.29, 1.82) is 0 Å². The Morgan fingerprint density at radius 1 is 0.741 bits per heavy atom. The number of rotatable bonds is 3. The van der Waals surface area contributed by atoms with Crippen molar-refractivity contribution in [3.8, 4) is 11.3 Å². The van der Waals surface area contributed by atoms with Crippen LogP contribution in [0.3, 0.4) is 0 Å². The van der Waals surface area contributed by atoms with Crippen molar-refractivity contribution >= 4 is 21.7 Å². The molecule has 2 heterocycles. The maximum atomic E-state index is 4.99. The number of pyridine rings is 1. The van der Waals surface area contributed by atoms with Crippen molar-refractivity contribution in [2.45, 2.75) is 25.8 Å². The van der Waals surface area contributed by atoms with Crippen LogP contribution in [0.1, 0.15) is 24.8 Å². The molecule has 0 saturated carbocycles. The summed E-state index contributed by atoms with van der Waals surface area (Å²) in [4.78, 5) is 7.58. The van der Waals surface area contributed by atoms with E-state index in [1.54, 1.807) is 0 Å². The Kier molecular flexibility index (Phi) is 4.35. The van der Waals surface area contributed by atoms with Crippen LogP contribution in [0.5, 0.6) is 0 Å². The zero-order chi connectivity index (χ0) is 18.1. The van der Waals surface area contributed by atoms with Gasteiger partial charge in [-0.1, -0.05) is 61.0 Å². The van der Waals surface area contributed by atoms with Crippen LogP contribution in [0, 0.1) is 0 Å². The molecule has 0 atom stereocenters. The van der Waals surface area contributed by atoms with Gasteiger partial charge < -0.3 is 0 Å². The van der Waals surface area contributed by atoms with E-state index in [9.17, 15) is 0 Å². The second kappa shape index (κ2) is 7.13. The molecule has 4 aromatic rings. The van der Waals surface area contributed by atoms with E-state index in [-0.39, 0.29) is 0 Å². The molecule has 27 heavy (non-hydrogen) atoms. The van der Waals surface area contributed by atoms with Crippen LogP contribution in [0.2, 0.25) is 0 Å². The van der Waals surface area contributed by atoms with Gasteiger partial charge in [-0.15, -0.1) is 0 Å². The normalized spacial score (nSPS) is 15.4. The summed E-state index contributed by atoms with van der Waals surface area (Å²) in [7, 11) is 0. The molecule has 1 aromatic heterocycles. The standard InChI is InChI=1S/C25H24N2/c1-6-14-27(15-7-1)18-22-17-25(26-24-11-5-4-10-23(22)24)21-13-12-19-8-2-3-9-20(19)16-21/h2-5,8-13,16-17H,1,6-7,14-15,18H2. The number of nitrogens with zero attached hydrogens (tertiary/aromatic N) is 2. The van der Waals surface area contributed by atoms with Crippen molar-refractivity contribution in [2.24, 2.45) is 0 Å². The minimum absolute atomic E-state index is 1.02. The number of likely N-dealkylation sites (tertiary alicyclic amines) is 1. The lowest BCUT2D eigenvalue weighted by molar-refractivity contribution is 0.221. The van der Waals surface area contributed by atoms with E-state index in [4.69, 9.17) is 4.98 Å². The molecule has 1 saturated heterocycles. The molecule has 2 nitrogen and oxygen atoms in total. The molecule has 1 aliphatic heterocycles. The van der Waals surface area contributed by atoms with Gasteiger partial charge in [0, 0.05) is 17.5 Å².